The van der Waals surface area contributed by atoms with Crippen LogP contribution in [0.5, 0.6) is 0 Å². The minimum atomic E-state index is -0.153. The van der Waals surface area contributed by atoms with Gasteiger partial charge < -0.3 is 15.1 Å². The Kier molecular flexibility index (Phi) is 9.10. The minimum absolute atomic E-state index is 0.0137. The first kappa shape index (κ1) is 24.4. The number of hydrogen-bond acceptors (Lipinski definition) is 3. The van der Waals surface area contributed by atoms with Gasteiger partial charge in [0.05, 0.1) is 5.92 Å². The summed E-state index contributed by atoms with van der Waals surface area (Å²) in [5.41, 5.74) is 3.89. The zero-order chi connectivity index (χ0) is 23.0. The van der Waals surface area contributed by atoms with E-state index in [1.807, 2.05) is 86.3 Å². The second-order valence-corrected chi connectivity index (χ2v) is 8.51. The van der Waals surface area contributed by atoms with Gasteiger partial charge in [-0.2, -0.15) is 0 Å². The number of carbonyl (C=O) groups excluding carboxylic acids is 2. The Hall–Kier alpha value is -2.82. The van der Waals surface area contributed by atoms with Crippen molar-refractivity contribution < 1.29 is 9.59 Å². The van der Waals surface area contributed by atoms with Crippen molar-refractivity contribution in [3.8, 4) is 0 Å². The molecule has 2 aromatic rings. The van der Waals surface area contributed by atoms with Crippen LogP contribution in [0.25, 0.3) is 0 Å². The molecule has 2 aromatic carbocycles. The van der Waals surface area contributed by atoms with Gasteiger partial charge in [0.1, 0.15) is 0 Å². The van der Waals surface area contributed by atoms with Gasteiger partial charge in [-0.25, -0.2) is 0 Å². The molecule has 0 radical (unpaired) electrons. The minimum Gasteiger partial charge on any atom is -0.377 e. The molecule has 5 nitrogen and oxygen atoms in total. The topological polar surface area (TPSA) is 52.7 Å². The van der Waals surface area contributed by atoms with Crippen LogP contribution >= 0.6 is 0 Å². The van der Waals surface area contributed by atoms with Crippen LogP contribution in [0.4, 0.5) is 11.4 Å². The standard InChI is InChI=1S/C26H37N3O2/c1-7-16-29(26(31)23(8-2)20-12-10-9-11-13-20)18-21-17-22(27-25(30)19(3)4)14-15-24(21)28(5)6/h9-15,17,19,23H,7-8,16,18H2,1-6H3,(H,27,30). The highest BCUT2D eigenvalue weighted by atomic mass is 16.2. The molecular weight excluding hydrogens is 386 g/mol. The van der Waals surface area contributed by atoms with E-state index in [1.54, 1.807) is 0 Å². The van der Waals surface area contributed by atoms with Crippen LogP contribution in [0.3, 0.4) is 0 Å². The average Bonchev–Trinajstić information content (AvgIpc) is 2.74. The summed E-state index contributed by atoms with van der Waals surface area (Å²) in [6.45, 7) is 9.11. The van der Waals surface area contributed by atoms with E-state index in [1.165, 1.54) is 0 Å². The van der Waals surface area contributed by atoms with Crippen LogP contribution < -0.4 is 10.2 Å². The number of hydrogen-bond donors (Lipinski definition) is 1. The maximum Gasteiger partial charge on any atom is 0.230 e. The third-order valence-electron chi connectivity index (χ3n) is 5.43. The molecule has 31 heavy (non-hydrogen) atoms. The highest BCUT2D eigenvalue weighted by molar-refractivity contribution is 5.92. The van der Waals surface area contributed by atoms with Gasteiger partial charge in [0.2, 0.25) is 11.8 Å². The van der Waals surface area contributed by atoms with Crippen molar-refractivity contribution in [2.75, 3.05) is 30.9 Å². The second-order valence-electron chi connectivity index (χ2n) is 8.51. The van der Waals surface area contributed by atoms with Gasteiger partial charge >= 0.3 is 0 Å². The quantitative estimate of drug-likeness (QED) is 0.566. The van der Waals surface area contributed by atoms with Gasteiger partial charge in [0, 0.05) is 44.5 Å². The Bertz CT molecular complexity index is 862. The molecule has 0 aliphatic carbocycles. The molecule has 2 rings (SSSR count). The Morgan fingerprint density at radius 2 is 1.68 bits per heavy atom. The summed E-state index contributed by atoms with van der Waals surface area (Å²) >= 11 is 0. The molecule has 5 heteroatoms. The molecule has 1 N–H and O–H groups in total. The van der Waals surface area contributed by atoms with E-state index >= 15 is 0 Å². The highest BCUT2D eigenvalue weighted by Crippen LogP contribution is 2.28. The van der Waals surface area contributed by atoms with Crippen LogP contribution in [-0.4, -0.2) is 37.4 Å². The summed E-state index contributed by atoms with van der Waals surface area (Å²) in [6, 6.07) is 15.9. The summed E-state index contributed by atoms with van der Waals surface area (Å²) in [6.07, 6.45) is 1.64. The predicted octanol–water partition coefficient (Wildman–Crippen LogP) is 5.28. The number of carbonyl (C=O) groups is 2. The average molecular weight is 424 g/mol. The normalized spacial score (nSPS) is 11.8. The monoisotopic (exact) mass is 423 g/mol. The highest BCUT2D eigenvalue weighted by Gasteiger charge is 2.25. The molecule has 0 saturated carbocycles. The van der Waals surface area contributed by atoms with Crippen LogP contribution in [0, 0.1) is 5.92 Å². The molecule has 0 fully saturated rings. The first-order valence-electron chi connectivity index (χ1n) is 11.2. The lowest BCUT2D eigenvalue weighted by molar-refractivity contribution is -0.133. The lowest BCUT2D eigenvalue weighted by Crippen LogP contribution is -2.35. The van der Waals surface area contributed by atoms with Gasteiger partial charge in [-0.15, -0.1) is 0 Å². The SMILES string of the molecule is CCCN(Cc1cc(NC(=O)C(C)C)ccc1N(C)C)C(=O)C(CC)c1ccccc1. The molecule has 168 valence electrons. The fraction of sp³-hybridized carbons (Fsp3) is 0.462. The van der Waals surface area contributed by atoms with Crippen LogP contribution in [-0.2, 0) is 16.1 Å². The molecule has 0 aromatic heterocycles. The molecule has 0 heterocycles. The molecule has 0 saturated heterocycles. The summed E-state index contributed by atoms with van der Waals surface area (Å²) in [7, 11) is 3.99. The zero-order valence-corrected chi connectivity index (χ0v) is 19.8. The van der Waals surface area contributed by atoms with E-state index in [0.717, 1.165) is 35.3 Å². The van der Waals surface area contributed by atoms with E-state index in [0.29, 0.717) is 13.1 Å². The van der Waals surface area contributed by atoms with Gasteiger partial charge in [0.15, 0.2) is 0 Å². The largest absolute Gasteiger partial charge is 0.377 e. The number of anilines is 2. The number of nitrogens with zero attached hydrogens (tertiary/aromatic N) is 2. The zero-order valence-electron chi connectivity index (χ0n) is 19.8. The molecule has 0 bridgehead atoms. The number of rotatable bonds is 10. The van der Waals surface area contributed by atoms with Crippen molar-refractivity contribution in [3.05, 3.63) is 59.7 Å². The second kappa shape index (κ2) is 11.5. The fourth-order valence-electron chi connectivity index (χ4n) is 3.71. The van der Waals surface area contributed by atoms with Crippen molar-refractivity contribution >= 4 is 23.2 Å². The fourth-order valence-corrected chi connectivity index (χ4v) is 3.71. The summed E-state index contributed by atoms with van der Waals surface area (Å²) in [5, 5.41) is 2.98. The smallest absolute Gasteiger partial charge is 0.230 e. The molecule has 2 amide bonds. The Morgan fingerprint density at radius 3 is 2.23 bits per heavy atom. The Morgan fingerprint density at radius 1 is 1.00 bits per heavy atom. The maximum absolute atomic E-state index is 13.5. The van der Waals surface area contributed by atoms with E-state index in [2.05, 4.69) is 19.2 Å². The molecule has 0 aliphatic rings. The third kappa shape index (κ3) is 6.58. The predicted molar refractivity (Wildman–Crippen MR) is 129 cm³/mol. The van der Waals surface area contributed by atoms with Gasteiger partial charge in [-0.05, 0) is 42.2 Å². The van der Waals surface area contributed by atoms with Crippen molar-refractivity contribution in [1.29, 1.82) is 0 Å². The van der Waals surface area contributed by atoms with Crippen LogP contribution in [0.1, 0.15) is 57.6 Å². The maximum atomic E-state index is 13.5. The van der Waals surface area contributed by atoms with Crippen molar-refractivity contribution in [2.24, 2.45) is 5.92 Å². The van der Waals surface area contributed by atoms with Crippen molar-refractivity contribution in [1.82, 2.24) is 4.90 Å². The lowest BCUT2D eigenvalue weighted by atomic mass is 9.94. The molecular formula is C26H37N3O2. The number of nitrogens with one attached hydrogen (secondary N) is 1. The summed E-state index contributed by atoms with van der Waals surface area (Å²) in [4.78, 5) is 29.7. The van der Waals surface area contributed by atoms with Crippen molar-refractivity contribution in [2.45, 2.75) is 53.0 Å². The molecule has 0 spiro atoms. The molecule has 1 atom stereocenters. The van der Waals surface area contributed by atoms with E-state index in [4.69, 9.17) is 0 Å². The van der Waals surface area contributed by atoms with E-state index in [-0.39, 0.29) is 23.7 Å². The Labute approximate surface area is 187 Å². The van der Waals surface area contributed by atoms with E-state index in [9.17, 15) is 9.59 Å². The first-order chi connectivity index (χ1) is 14.8. The van der Waals surface area contributed by atoms with Crippen LogP contribution in [0.2, 0.25) is 0 Å². The first-order valence-corrected chi connectivity index (χ1v) is 11.2. The van der Waals surface area contributed by atoms with Gasteiger partial charge in [-0.3, -0.25) is 9.59 Å². The number of amides is 2. The van der Waals surface area contributed by atoms with Gasteiger partial charge in [-0.1, -0.05) is 58.0 Å². The Balaban J connectivity index is 2.35. The lowest BCUT2D eigenvalue weighted by Gasteiger charge is -2.29. The summed E-state index contributed by atoms with van der Waals surface area (Å²) < 4.78 is 0. The number of benzene rings is 2. The van der Waals surface area contributed by atoms with Gasteiger partial charge in [0.25, 0.3) is 0 Å². The van der Waals surface area contributed by atoms with E-state index < -0.39 is 0 Å². The molecule has 1 unspecified atom stereocenters. The third-order valence-corrected chi connectivity index (χ3v) is 5.43. The summed E-state index contributed by atoms with van der Waals surface area (Å²) in [5.74, 6) is -0.109. The molecule has 0 aliphatic heterocycles. The van der Waals surface area contributed by atoms with Crippen LogP contribution in [0.15, 0.2) is 48.5 Å². The van der Waals surface area contributed by atoms with Crippen molar-refractivity contribution in [3.63, 3.8) is 0 Å².